The lowest BCUT2D eigenvalue weighted by Crippen LogP contribution is -2.47. The van der Waals surface area contributed by atoms with E-state index in [1.54, 1.807) is 12.1 Å². The summed E-state index contributed by atoms with van der Waals surface area (Å²) in [4.78, 5) is 17.4. The highest BCUT2D eigenvalue weighted by Gasteiger charge is 2.31. The Morgan fingerprint density at radius 2 is 1.77 bits per heavy atom. The molecule has 2 aliphatic rings. The van der Waals surface area contributed by atoms with E-state index in [-0.39, 0.29) is 17.6 Å². The fourth-order valence-corrected chi connectivity index (χ4v) is 5.09. The second kappa shape index (κ2) is 9.93. The van der Waals surface area contributed by atoms with Gasteiger partial charge in [0, 0.05) is 36.8 Å². The lowest BCUT2D eigenvalue weighted by molar-refractivity contribution is -0.138. The number of rotatable bonds is 5. The quantitative estimate of drug-likeness (QED) is 0.655. The van der Waals surface area contributed by atoms with Crippen molar-refractivity contribution in [3.05, 3.63) is 70.5 Å². The van der Waals surface area contributed by atoms with Gasteiger partial charge >= 0.3 is 0 Å². The Hall–Kier alpha value is -1.91. The number of benzene rings is 2. The van der Waals surface area contributed by atoms with Gasteiger partial charge in [0.25, 0.3) is 0 Å². The number of piperidine rings is 2. The van der Waals surface area contributed by atoms with Crippen molar-refractivity contribution in [3.63, 3.8) is 0 Å². The zero-order valence-corrected chi connectivity index (χ0v) is 18.2. The van der Waals surface area contributed by atoms with Gasteiger partial charge in [-0.3, -0.25) is 9.69 Å². The molecule has 1 unspecified atom stereocenters. The molecule has 0 saturated carbocycles. The third-order valence-corrected chi connectivity index (χ3v) is 6.95. The summed E-state index contributed by atoms with van der Waals surface area (Å²) in [5.41, 5.74) is 1.92. The molecule has 0 spiro atoms. The first-order chi connectivity index (χ1) is 14.6. The van der Waals surface area contributed by atoms with Crippen molar-refractivity contribution < 1.29 is 9.18 Å². The zero-order chi connectivity index (χ0) is 20.9. The van der Waals surface area contributed by atoms with Gasteiger partial charge in [0.15, 0.2) is 0 Å². The van der Waals surface area contributed by atoms with Crippen molar-refractivity contribution in [2.45, 2.75) is 38.6 Å². The van der Waals surface area contributed by atoms with E-state index in [0.717, 1.165) is 51.7 Å². The van der Waals surface area contributed by atoms with Crippen LogP contribution in [0.5, 0.6) is 0 Å². The summed E-state index contributed by atoms with van der Waals surface area (Å²) >= 11 is 6.20. The predicted octanol–water partition coefficient (Wildman–Crippen LogP) is 5.17. The minimum absolute atomic E-state index is 0.00923. The largest absolute Gasteiger partial charge is 0.342 e. The first-order valence-electron chi connectivity index (χ1n) is 11.1. The molecule has 2 aromatic carbocycles. The van der Waals surface area contributed by atoms with Crippen LogP contribution in [0.2, 0.25) is 5.02 Å². The average molecular weight is 429 g/mol. The normalized spacial score (nSPS) is 21.0. The van der Waals surface area contributed by atoms with E-state index in [9.17, 15) is 9.18 Å². The number of carbonyl (C=O) groups excluding carboxylic acids is 1. The molecule has 2 heterocycles. The summed E-state index contributed by atoms with van der Waals surface area (Å²) in [6, 6.07) is 15.4. The van der Waals surface area contributed by atoms with E-state index in [1.807, 2.05) is 0 Å². The number of halogens is 2. The number of amides is 1. The molecule has 1 atom stereocenters. The standard InChI is InChI=1S/C25H30ClFN2O/c26-23-9-4-10-24(27)22(23)18-28-13-5-8-21(17-28)25(30)29-14-11-20(12-15-29)16-19-6-2-1-3-7-19/h1-4,6-7,9-10,20-21H,5,8,11-18H2. The first kappa shape index (κ1) is 21.3. The van der Waals surface area contributed by atoms with Crippen molar-refractivity contribution in [2.75, 3.05) is 26.2 Å². The van der Waals surface area contributed by atoms with Crippen LogP contribution in [0, 0.1) is 17.7 Å². The maximum Gasteiger partial charge on any atom is 0.226 e. The summed E-state index contributed by atoms with van der Waals surface area (Å²) in [6.45, 7) is 3.74. The summed E-state index contributed by atoms with van der Waals surface area (Å²) in [6.07, 6.45) is 5.13. The van der Waals surface area contributed by atoms with Crippen LogP contribution in [0.15, 0.2) is 48.5 Å². The molecule has 2 aromatic rings. The minimum atomic E-state index is -0.267. The third kappa shape index (κ3) is 5.22. The molecule has 5 heteroatoms. The van der Waals surface area contributed by atoms with Crippen LogP contribution in [0.1, 0.15) is 36.8 Å². The number of hydrogen-bond donors (Lipinski definition) is 0. The smallest absolute Gasteiger partial charge is 0.226 e. The summed E-state index contributed by atoms with van der Waals surface area (Å²) < 4.78 is 14.2. The number of nitrogens with zero attached hydrogens (tertiary/aromatic N) is 2. The monoisotopic (exact) mass is 428 g/mol. The average Bonchev–Trinajstić information content (AvgIpc) is 2.77. The second-order valence-corrected chi connectivity index (χ2v) is 9.14. The van der Waals surface area contributed by atoms with Crippen molar-refractivity contribution in [2.24, 2.45) is 11.8 Å². The molecule has 0 bridgehead atoms. The molecular weight excluding hydrogens is 399 g/mol. The van der Waals surface area contributed by atoms with Gasteiger partial charge in [0.2, 0.25) is 5.91 Å². The molecule has 0 N–H and O–H groups in total. The van der Waals surface area contributed by atoms with Crippen LogP contribution < -0.4 is 0 Å². The van der Waals surface area contributed by atoms with Crippen molar-refractivity contribution in [1.82, 2.24) is 9.80 Å². The van der Waals surface area contributed by atoms with E-state index >= 15 is 0 Å². The minimum Gasteiger partial charge on any atom is -0.342 e. The molecule has 4 rings (SSSR count). The van der Waals surface area contributed by atoms with Crippen molar-refractivity contribution in [1.29, 1.82) is 0 Å². The molecule has 2 saturated heterocycles. The molecule has 0 aliphatic carbocycles. The molecule has 30 heavy (non-hydrogen) atoms. The van der Waals surface area contributed by atoms with Gasteiger partial charge in [-0.25, -0.2) is 4.39 Å². The molecule has 0 aromatic heterocycles. The predicted molar refractivity (Wildman–Crippen MR) is 119 cm³/mol. The topological polar surface area (TPSA) is 23.6 Å². The molecule has 2 aliphatic heterocycles. The van der Waals surface area contributed by atoms with Gasteiger partial charge in [0.1, 0.15) is 5.82 Å². The molecular formula is C25H30ClFN2O. The van der Waals surface area contributed by atoms with Crippen LogP contribution >= 0.6 is 11.6 Å². The van der Waals surface area contributed by atoms with Crippen LogP contribution in [0.4, 0.5) is 4.39 Å². The van der Waals surface area contributed by atoms with Gasteiger partial charge < -0.3 is 4.90 Å². The van der Waals surface area contributed by atoms with E-state index in [4.69, 9.17) is 11.6 Å². The Bertz CT molecular complexity index is 831. The highest BCUT2D eigenvalue weighted by Crippen LogP contribution is 2.27. The molecule has 1 amide bonds. The Morgan fingerprint density at radius 3 is 2.50 bits per heavy atom. The fraction of sp³-hybridized carbons (Fsp3) is 0.480. The van der Waals surface area contributed by atoms with E-state index in [1.165, 1.54) is 11.6 Å². The van der Waals surface area contributed by atoms with Gasteiger partial charge in [-0.2, -0.15) is 0 Å². The lowest BCUT2D eigenvalue weighted by Gasteiger charge is -2.38. The number of hydrogen-bond acceptors (Lipinski definition) is 2. The maximum atomic E-state index is 14.2. The Labute approximate surface area is 183 Å². The van der Waals surface area contributed by atoms with E-state index in [2.05, 4.69) is 40.1 Å². The number of likely N-dealkylation sites (tertiary alicyclic amines) is 2. The summed E-state index contributed by atoms with van der Waals surface area (Å²) in [5, 5.41) is 0.462. The van der Waals surface area contributed by atoms with E-state index < -0.39 is 0 Å². The van der Waals surface area contributed by atoms with Crippen LogP contribution in [0.3, 0.4) is 0 Å². The van der Waals surface area contributed by atoms with Gasteiger partial charge in [-0.15, -0.1) is 0 Å². The van der Waals surface area contributed by atoms with Crippen molar-refractivity contribution >= 4 is 17.5 Å². The van der Waals surface area contributed by atoms with Crippen LogP contribution in [-0.4, -0.2) is 41.9 Å². The maximum absolute atomic E-state index is 14.2. The Balaban J connectivity index is 1.29. The Kier molecular flexibility index (Phi) is 7.06. The van der Waals surface area contributed by atoms with E-state index in [0.29, 0.717) is 29.6 Å². The highest BCUT2D eigenvalue weighted by atomic mass is 35.5. The van der Waals surface area contributed by atoms with Gasteiger partial charge in [0.05, 0.1) is 5.92 Å². The zero-order valence-electron chi connectivity index (χ0n) is 17.4. The number of carbonyl (C=O) groups is 1. The Morgan fingerprint density at radius 1 is 1.00 bits per heavy atom. The lowest BCUT2D eigenvalue weighted by atomic mass is 9.89. The summed E-state index contributed by atoms with van der Waals surface area (Å²) in [7, 11) is 0. The summed E-state index contributed by atoms with van der Waals surface area (Å²) in [5.74, 6) is 0.673. The van der Waals surface area contributed by atoms with Crippen LogP contribution in [-0.2, 0) is 17.8 Å². The molecule has 3 nitrogen and oxygen atoms in total. The van der Waals surface area contributed by atoms with Gasteiger partial charge in [-0.1, -0.05) is 48.0 Å². The van der Waals surface area contributed by atoms with Crippen molar-refractivity contribution in [3.8, 4) is 0 Å². The fourth-order valence-electron chi connectivity index (χ4n) is 4.87. The third-order valence-electron chi connectivity index (χ3n) is 6.59. The molecule has 160 valence electrons. The SMILES string of the molecule is O=C(C1CCCN(Cc2c(F)cccc2Cl)C1)N1CCC(Cc2ccccc2)CC1. The van der Waals surface area contributed by atoms with Crippen LogP contribution in [0.25, 0.3) is 0 Å². The molecule has 0 radical (unpaired) electrons. The highest BCUT2D eigenvalue weighted by molar-refractivity contribution is 6.31. The first-order valence-corrected chi connectivity index (χ1v) is 11.5. The molecule has 2 fully saturated rings. The second-order valence-electron chi connectivity index (χ2n) is 8.73. The van der Waals surface area contributed by atoms with Gasteiger partial charge in [-0.05, 0) is 62.3 Å².